The van der Waals surface area contributed by atoms with Crippen LogP contribution in [0.25, 0.3) is 0 Å². The van der Waals surface area contributed by atoms with Crippen molar-refractivity contribution in [2.45, 2.75) is 38.8 Å². The zero-order chi connectivity index (χ0) is 13.2. The predicted octanol–water partition coefficient (Wildman–Crippen LogP) is 2.41. The van der Waals surface area contributed by atoms with Crippen molar-refractivity contribution in [3.05, 3.63) is 0 Å². The third-order valence-corrected chi connectivity index (χ3v) is 6.44. The van der Waals surface area contributed by atoms with Gasteiger partial charge in [0.25, 0.3) is 0 Å². The van der Waals surface area contributed by atoms with Gasteiger partial charge in [-0.2, -0.15) is 23.5 Å². The minimum atomic E-state index is -0.657. The van der Waals surface area contributed by atoms with Crippen molar-refractivity contribution in [3.63, 3.8) is 0 Å². The molecule has 2 heterocycles. The van der Waals surface area contributed by atoms with E-state index < -0.39 is 5.97 Å². The fraction of sp³-hybridized carbons (Fsp3) is 0.923. The number of carboxylic acids is 1. The van der Waals surface area contributed by atoms with Gasteiger partial charge in [0.15, 0.2) is 0 Å². The summed E-state index contributed by atoms with van der Waals surface area (Å²) in [4.78, 5) is 13.5. The van der Waals surface area contributed by atoms with Crippen LogP contribution < -0.4 is 0 Å². The second-order valence-corrected chi connectivity index (χ2v) is 8.28. The molecule has 0 spiro atoms. The number of aliphatic carboxylic acids is 1. The predicted molar refractivity (Wildman–Crippen MR) is 79.6 cm³/mol. The maximum atomic E-state index is 11.0. The first-order chi connectivity index (χ1) is 8.48. The van der Waals surface area contributed by atoms with Crippen LogP contribution >= 0.6 is 23.5 Å². The minimum absolute atomic E-state index is 0.237. The van der Waals surface area contributed by atoms with Gasteiger partial charge in [-0.25, -0.2) is 0 Å². The number of hydrogen-bond donors (Lipinski definition) is 1. The Labute approximate surface area is 118 Å². The number of thioether (sulfide) groups is 2. The van der Waals surface area contributed by atoms with E-state index >= 15 is 0 Å². The summed E-state index contributed by atoms with van der Waals surface area (Å²) >= 11 is 3.93. The Morgan fingerprint density at radius 1 is 1.39 bits per heavy atom. The molecule has 1 N–H and O–H groups in total. The molecule has 2 rings (SSSR count). The van der Waals surface area contributed by atoms with Crippen molar-refractivity contribution in [2.75, 3.05) is 29.6 Å². The van der Waals surface area contributed by atoms with Crippen LogP contribution in [0.3, 0.4) is 0 Å². The second-order valence-electron chi connectivity index (χ2n) is 6.10. The Hall–Kier alpha value is 0.130. The standard InChI is InChI=1S/C13H23NO2S2/c1-13(2)6-11(8-18-9-13)14-3-4-17-7-10(14)5-12(15)16/h10-11H,3-9H2,1-2H3,(H,15,16). The third kappa shape index (κ3) is 3.81. The van der Waals surface area contributed by atoms with Gasteiger partial charge >= 0.3 is 5.97 Å². The smallest absolute Gasteiger partial charge is 0.304 e. The van der Waals surface area contributed by atoms with Gasteiger partial charge in [0, 0.05) is 35.9 Å². The van der Waals surface area contributed by atoms with Crippen LogP contribution in [-0.2, 0) is 4.79 Å². The molecule has 104 valence electrons. The first kappa shape index (κ1) is 14.5. The molecule has 0 aromatic heterocycles. The number of hydrogen-bond acceptors (Lipinski definition) is 4. The van der Waals surface area contributed by atoms with E-state index in [0.29, 0.717) is 17.9 Å². The second kappa shape index (κ2) is 6.06. The topological polar surface area (TPSA) is 40.5 Å². The maximum Gasteiger partial charge on any atom is 0.304 e. The average Bonchev–Trinajstić information content (AvgIpc) is 2.27. The van der Waals surface area contributed by atoms with E-state index in [9.17, 15) is 4.79 Å². The fourth-order valence-electron chi connectivity index (χ4n) is 2.97. The van der Waals surface area contributed by atoms with E-state index in [1.807, 2.05) is 23.5 Å². The molecule has 2 fully saturated rings. The highest BCUT2D eigenvalue weighted by atomic mass is 32.2. The van der Waals surface area contributed by atoms with Gasteiger partial charge in [-0.05, 0) is 17.6 Å². The van der Waals surface area contributed by atoms with Crippen molar-refractivity contribution in [1.82, 2.24) is 4.90 Å². The van der Waals surface area contributed by atoms with Crippen molar-refractivity contribution >= 4 is 29.5 Å². The van der Waals surface area contributed by atoms with E-state index in [4.69, 9.17) is 5.11 Å². The maximum absolute atomic E-state index is 11.0. The summed E-state index contributed by atoms with van der Waals surface area (Å²) in [5.41, 5.74) is 0.395. The lowest BCUT2D eigenvalue weighted by Gasteiger charge is -2.45. The summed E-state index contributed by atoms with van der Waals surface area (Å²) in [6.45, 7) is 5.72. The van der Waals surface area contributed by atoms with Gasteiger partial charge in [0.1, 0.15) is 0 Å². The van der Waals surface area contributed by atoms with Crippen molar-refractivity contribution in [3.8, 4) is 0 Å². The average molecular weight is 289 g/mol. The first-order valence-corrected chi connectivity index (χ1v) is 8.92. The molecule has 0 saturated carbocycles. The monoisotopic (exact) mass is 289 g/mol. The summed E-state index contributed by atoms with van der Waals surface area (Å²) in [6, 6.07) is 0.810. The molecule has 0 amide bonds. The quantitative estimate of drug-likeness (QED) is 0.864. The molecular formula is C13H23NO2S2. The van der Waals surface area contributed by atoms with Gasteiger partial charge in [0.2, 0.25) is 0 Å². The lowest BCUT2D eigenvalue weighted by Crippen LogP contribution is -2.53. The summed E-state index contributed by atoms with van der Waals surface area (Å²) in [6.07, 6.45) is 1.51. The summed E-state index contributed by atoms with van der Waals surface area (Å²) in [5.74, 6) is 3.88. The zero-order valence-corrected chi connectivity index (χ0v) is 12.9. The molecule has 0 radical (unpaired) electrons. The fourth-order valence-corrected chi connectivity index (χ4v) is 5.42. The number of carboxylic acid groups (broad SMARTS) is 1. The van der Waals surface area contributed by atoms with E-state index in [-0.39, 0.29) is 6.04 Å². The largest absolute Gasteiger partial charge is 0.481 e. The van der Waals surface area contributed by atoms with Crippen molar-refractivity contribution in [1.29, 1.82) is 0 Å². The Bertz CT molecular complexity index is 309. The van der Waals surface area contributed by atoms with Crippen LogP contribution in [0.4, 0.5) is 0 Å². The van der Waals surface area contributed by atoms with Crippen LogP contribution in [0.5, 0.6) is 0 Å². The van der Waals surface area contributed by atoms with Crippen molar-refractivity contribution < 1.29 is 9.90 Å². The Morgan fingerprint density at radius 3 is 2.83 bits per heavy atom. The number of carbonyl (C=O) groups is 1. The van der Waals surface area contributed by atoms with Crippen LogP contribution in [0.1, 0.15) is 26.7 Å². The highest BCUT2D eigenvalue weighted by Gasteiger charge is 2.36. The first-order valence-electron chi connectivity index (χ1n) is 6.61. The van der Waals surface area contributed by atoms with Crippen LogP contribution in [0.2, 0.25) is 0 Å². The third-order valence-electron chi connectivity index (χ3n) is 3.74. The van der Waals surface area contributed by atoms with Gasteiger partial charge in [-0.1, -0.05) is 13.8 Å². The van der Waals surface area contributed by atoms with Gasteiger partial charge < -0.3 is 5.11 Å². The number of rotatable bonds is 3. The lowest BCUT2D eigenvalue weighted by molar-refractivity contribution is -0.138. The Kier molecular flexibility index (Phi) is 4.89. The minimum Gasteiger partial charge on any atom is -0.481 e. The molecule has 0 aliphatic carbocycles. The molecule has 2 saturated heterocycles. The van der Waals surface area contributed by atoms with E-state index in [2.05, 4.69) is 18.7 Å². The van der Waals surface area contributed by atoms with Gasteiger partial charge in [0.05, 0.1) is 6.42 Å². The molecule has 3 nitrogen and oxygen atoms in total. The normalized spacial score (nSPS) is 33.2. The molecule has 18 heavy (non-hydrogen) atoms. The van der Waals surface area contributed by atoms with Gasteiger partial charge in [-0.3, -0.25) is 9.69 Å². The zero-order valence-electron chi connectivity index (χ0n) is 11.2. The highest BCUT2D eigenvalue weighted by molar-refractivity contribution is 7.99. The van der Waals surface area contributed by atoms with Gasteiger partial charge in [-0.15, -0.1) is 0 Å². The molecule has 2 atom stereocenters. The molecule has 0 aromatic carbocycles. The van der Waals surface area contributed by atoms with E-state index in [1.54, 1.807) is 0 Å². The number of nitrogens with zero attached hydrogens (tertiary/aromatic N) is 1. The SMILES string of the molecule is CC1(C)CSCC(N2CCSCC2CC(=O)O)C1. The van der Waals surface area contributed by atoms with Crippen LogP contribution in [0.15, 0.2) is 0 Å². The van der Waals surface area contributed by atoms with E-state index in [0.717, 1.165) is 18.1 Å². The lowest BCUT2D eigenvalue weighted by atomic mass is 9.86. The van der Waals surface area contributed by atoms with E-state index in [1.165, 1.54) is 17.9 Å². The highest BCUT2D eigenvalue weighted by Crippen LogP contribution is 2.37. The van der Waals surface area contributed by atoms with Crippen molar-refractivity contribution in [2.24, 2.45) is 5.41 Å². The van der Waals surface area contributed by atoms with Crippen LogP contribution in [0, 0.1) is 5.41 Å². The van der Waals surface area contributed by atoms with Crippen LogP contribution in [-0.4, -0.2) is 57.6 Å². The summed E-state index contributed by atoms with van der Waals surface area (Å²) in [5, 5.41) is 9.04. The molecule has 2 aliphatic heterocycles. The molecular weight excluding hydrogens is 266 g/mol. The Morgan fingerprint density at radius 2 is 2.17 bits per heavy atom. The Balaban J connectivity index is 2.01. The molecule has 2 unspecified atom stereocenters. The molecule has 2 aliphatic rings. The molecule has 5 heteroatoms. The summed E-state index contributed by atoms with van der Waals surface area (Å²) in [7, 11) is 0. The molecule has 0 aromatic rings. The summed E-state index contributed by atoms with van der Waals surface area (Å²) < 4.78 is 0. The molecule has 0 bridgehead atoms.